The summed E-state index contributed by atoms with van der Waals surface area (Å²) in [6.07, 6.45) is 6.38. The largest absolute Gasteiger partial charge is 0.384 e. The van der Waals surface area contributed by atoms with Crippen molar-refractivity contribution >= 4 is 39.2 Å². The van der Waals surface area contributed by atoms with Crippen LogP contribution in [0, 0.1) is 11.7 Å². The molecule has 6 aromatic rings. The molecule has 1 saturated carbocycles. The molecule has 0 atom stereocenters. The normalized spacial score (nSPS) is 13.5. The maximum atomic E-state index is 14.7. The molecule has 0 radical (unpaired) electrons. The van der Waals surface area contributed by atoms with Crippen LogP contribution < -0.4 is 10.6 Å². The maximum absolute atomic E-state index is 14.7. The molecule has 222 valence electrons. The van der Waals surface area contributed by atoms with Crippen LogP contribution in [0.3, 0.4) is 0 Å². The maximum Gasteiger partial charge on any atom is 0.227 e. The van der Waals surface area contributed by atoms with E-state index in [0.29, 0.717) is 23.4 Å². The van der Waals surface area contributed by atoms with Gasteiger partial charge in [-0.3, -0.25) is 14.9 Å². The van der Waals surface area contributed by atoms with E-state index >= 15 is 0 Å². The number of fused-ring (bicyclic) bond motifs is 2. The molecule has 9 nitrogen and oxygen atoms in total. The summed E-state index contributed by atoms with van der Waals surface area (Å²) in [4.78, 5) is 27.3. The second-order valence-corrected chi connectivity index (χ2v) is 11.7. The zero-order valence-corrected chi connectivity index (χ0v) is 24.6. The Morgan fingerprint density at radius 2 is 1.86 bits per heavy atom. The molecule has 0 spiro atoms. The number of pyridine rings is 2. The number of aromatic amines is 2. The summed E-state index contributed by atoms with van der Waals surface area (Å²) in [6.45, 7) is 1.56. The van der Waals surface area contributed by atoms with E-state index in [9.17, 15) is 9.18 Å². The second-order valence-electron chi connectivity index (χ2n) is 11.7. The molecular weight excluding hydrogens is 555 g/mol. The molecule has 0 bridgehead atoms. The molecular formula is C34H33FN8O. The lowest BCUT2D eigenvalue weighted by Gasteiger charge is -2.24. The number of amides is 1. The molecule has 1 aliphatic carbocycles. The standard InChI is InChI=1S/C34H33FN8O/c1-43(2)12-11-37-24-14-21(13-23(35)16-24)26-7-4-8-29-27(26)17-31(39-29)33-32-30(41-42-33)10-9-28(40-32)22-15-25(19-36-18-22)38-34(44)20-5-3-6-20/h4,7-10,13-20,37,39H,3,5-6,11-12H2,1-2H3,(H,38,44)(H,41,42). The number of hydrogen-bond donors (Lipinski definition) is 4. The summed E-state index contributed by atoms with van der Waals surface area (Å²) in [7, 11) is 4.02. The number of nitrogens with zero attached hydrogens (tertiary/aromatic N) is 4. The molecule has 44 heavy (non-hydrogen) atoms. The van der Waals surface area contributed by atoms with Crippen LogP contribution in [-0.2, 0) is 4.79 Å². The summed E-state index contributed by atoms with van der Waals surface area (Å²) in [5, 5.41) is 15.0. The average molecular weight is 589 g/mol. The number of halogens is 1. The van der Waals surface area contributed by atoms with Gasteiger partial charge in [0.2, 0.25) is 5.91 Å². The Bertz CT molecular complexity index is 1990. The van der Waals surface area contributed by atoms with E-state index in [1.165, 1.54) is 6.07 Å². The Balaban J connectivity index is 1.21. The predicted octanol–water partition coefficient (Wildman–Crippen LogP) is 6.69. The minimum absolute atomic E-state index is 0.0453. The Morgan fingerprint density at radius 1 is 1.00 bits per heavy atom. The van der Waals surface area contributed by atoms with Crippen LogP contribution in [0.2, 0.25) is 0 Å². The quantitative estimate of drug-likeness (QED) is 0.150. The van der Waals surface area contributed by atoms with E-state index in [2.05, 4.69) is 35.7 Å². The van der Waals surface area contributed by atoms with E-state index in [4.69, 9.17) is 4.98 Å². The van der Waals surface area contributed by atoms with Gasteiger partial charge in [-0.15, -0.1) is 0 Å². The third kappa shape index (κ3) is 5.51. The molecule has 0 aliphatic heterocycles. The number of anilines is 2. The summed E-state index contributed by atoms with van der Waals surface area (Å²) < 4.78 is 14.7. The van der Waals surface area contributed by atoms with Crippen LogP contribution >= 0.6 is 0 Å². The first-order valence-corrected chi connectivity index (χ1v) is 14.8. The Kier molecular flexibility index (Phi) is 7.27. The molecule has 2 aromatic carbocycles. The zero-order chi connectivity index (χ0) is 30.2. The van der Waals surface area contributed by atoms with Crippen molar-refractivity contribution < 1.29 is 9.18 Å². The van der Waals surface area contributed by atoms with Gasteiger partial charge in [0, 0.05) is 47.4 Å². The van der Waals surface area contributed by atoms with Crippen LogP contribution in [0.5, 0.6) is 0 Å². The Labute approximate surface area is 253 Å². The van der Waals surface area contributed by atoms with Crippen LogP contribution in [0.1, 0.15) is 19.3 Å². The van der Waals surface area contributed by atoms with E-state index < -0.39 is 0 Å². The van der Waals surface area contributed by atoms with Crippen LogP contribution in [0.15, 0.2) is 73.1 Å². The molecule has 1 amide bonds. The van der Waals surface area contributed by atoms with Crippen molar-refractivity contribution in [1.82, 2.24) is 30.0 Å². The highest BCUT2D eigenvalue weighted by Gasteiger charge is 2.25. The van der Waals surface area contributed by atoms with Crippen molar-refractivity contribution in [3.05, 3.63) is 78.9 Å². The highest BCUT2D eigenvalue weighted by molar-refractivity contribution is 6.01. The third-order valence-electron chi connectivity index (χ3n) is 8.20. The van der Waals surface area contributed by atoms with E-state index in [-0.39, 0.29) is 17.6 Å². The Hall–Kier alpha value is -5.09. The lowest BCUT2D eigenvalue weighted by atomic mass is 9.85. The number of aromatic nitrogens is 5. The van der Waals surface area contributed by atoms with E-state index in [1.807, 2.05) is 62.6 Å². The van der Waals surface area contributed by atoms with Crippen LogP contribution in [0.25, 0.3) is 55.7 Å². The molecule has 0 unspecified atom stereocenters. The summed E-state index contributed by atoms with van der Waals surface area (Å²) in [5.74, 6) is -0.158. The fourth-order valence-electron chi connectivity index (χ4n) is 5.62. The SMILES string of the molecule is CN(C)CCNc1cc(F)cc(-c2cccc3[nH]c(-c4n[nH]c5ccc(-c6cncc(NC(=O)C7CCC7)c6)nc45)cc23)c1. The predicted molar refractivity (Wildman–Crippen MR) is 173 cm³/mol. The number of carbonyl (C=O) groups is 1. The molecule has 1 fully saturated rings. The average Bonchev–Trinajstić information content (AvgIpc) is 3.59. The topological polar surface area (TPSA) is 115 Å². The Morgan fingerprint density at radius 3 is 2.68 bits per heavy atom. The molecule has 0 saturated heterocycles. The van der Waals surface area contributed by atoms with Crippen molar-refractivity contribution in [1.29, 1.82) is 0 Å². The van der Waals surface area contributed by atoms with Gasteiger partial charge in [0.1, 0.15) is 17.0 Å². The fraction of sp³-hybridized carbons (Fsp3) is 0.235. The first-order chi connectivity index (χ1) is 21.4. The summed E-state index contributed by atoms with van der Waals surface area (Å²) in [6, 6.07) is 18.8. The van der Waals surface area contributed by atoms with Gasteiger partial charge < -0.3 is 20.5 Å². The van der Waals surface area contributed by atoms with Gasteiger partial charge in [-0.25, -0.2) is 9.37 Å². The lowest BCUT2D eigenvalue weighted by molar-refractivity contribution is -0.122. The van der Waals surface area contributed by atoms with Gasteiger partial charge in [0.15, 0.2) is 0 Å². The van der Waals surface area contributed by atoms with Crippen molar-refractivity contribution in [2.45, 2.75) is 19.3 Å². The van der Waals surface area contributed by atoms with Gasteiger partial charge in [-0.05, 0) is 86.6 Å². The monoisotopic (exact) mass is 588 g/mol. The van der Waals surface area contributed by atoms with Crippen molar-refractivity contribution in [3.63, 3.8) is 0 Å². The number of likely N-dealkylation sites (N-methyl/N-ethyl adjacent to an activating group) is 1. The third-order valence-corrected chi connectivity index (χ3v) is 8.20. The van der Waals surface area contributed by atoms with Gasteiger partial charge in [0.25, 0.3) is 0 Å². The number of carbonyl (C=O) groups excluding carboxylic acids is 1. The number of hydrogen-bond acceptors (Lipinski definition) is 6. The first-order valence-electron chi connectivity index (χ1n) is 14.8. The number of H-pyrrole nitrogens is 2. The molecule has 10 heteroatoms. The lowest BCUT2D eigenvalue weighted by Crippen LogP contribution is -2.28. The van der Waals surface area contributed by atoms with Crippen LogP contribution in [0.4, 0.5) is 15.8 Å². The number of benzene rings is 2. The molecule has 4 N–H and O–H groups in total. The molecule has 4 aromatic heterocycles. The van der Waals surface area contributed by atoms with Gasteiger partial charge in [-0.2, -0.15) is 5.10 Å². The van der Waals surface area contributed by atoms with Crippen molar-refractivity contribution in [3.8, 4) is 33.8 Å². The molecule has 7 rings (SSSR count). The van der Waals surface area contributed by atoms with Crippen molar-refractivity contribution in [2.75, 3.05) is 37.8 Å². The summed E-state index contributed by atoms with van der Waals surface area (Å²) >= 11 is 0. The fourth-order valence-corrected chi connectivity index (χ4v) is 5.62. The highest BCUT2D eigenvalue weighted by Crippen LogP contribution is 2.35. The minimum Gasteiger partial charge on any atom is -0.384 e. The smallest absolute Gasteiger partial charge is 0.227 e. The highest BCUT2D eigenvalue weighted by atomic mass is 19.1. The minimum atomic E-state index is -0.293. The van der Waals surface area contributed by atoms with E-state index in [1.54, 1.807) is 18.5 Å². The van der Waals surface area contributed by atoms with Gasteiger partial charge >= 0.3 is 0 Å². The van der Waals surface area contributed by atoms with Crippen LogP contribution in [-0.4, -0.2) is 63.1 Å². The first kappa shape index (κ1) is 27.7. The number of rotatable bonds is 9. The van der Waals surface area contributed by atoms with E-state index in [0.717, 1.165) is 76.0 Å². The van der Waals surface area contributed by atoms with Gasteiger partial charge in [-0.1, -0.05) is 18.6 Å². The van der Waals surface area contributed by atoms with Crippen molar-refractivity contribution in [2.24, 2.45) is 5.92 Å². The second kappa shape index (κ2) is 11.5. The number of nitrogens with one attached hydrogen (secondary N) is 4. The zero-order valence-electron chi connectivity index (χ0n) is 24.6. The summed E-state index contributed by atoms with van der Waals surface area (Å²) in [5.41, 5.74) is 8.51. The van der Waals surface area contributed by atoms with Gasteiger partial charge in [0.05, 0.1) is 28.8 Å². The molecule has 1 aliphatic rings. The molecule has 4 heterocycles.